The smallest absolute Gasteiger partial charge is 0.326 e. The van der Waals surface area contributed by atoms with E-state index in [-0.39, 0.29) is 30.9 Å². The van der Waals surface area contributed by atoms with E-state index in [1.165, 1.54) is 30.8 Å². The lowest BCUT2D eigenvalue weighted by atomic mass is 10.00. The van der Waals surface area contributed by atoms with Crippen molar-refractivity contribution in [2.45, 2.75) is 70.3 Å². The zero-order chi connectivity index (χ0) is 27.4. The Balaban J connectivity index is 3.12. The lowest BCUT2D eigenvalue weighted by Gasteiger charge is -2.26. The molecule has 5 atom stereocenters. The molecule has 0 radical (unpaired) electrons. The number of nitrogens with one attached hydrogen (secondary N) is 3. The molecule has 11 nitrogen and oxygen atoms in total. The van der Waals surface area contributed by atoms with Gasteiger partial charge in [-0.25, -0.2) is 4.79 Å². The van der Waals surface area contributed by atoms with E-state index >= 15 is 0 Å². The number of rotatable bonds is 15. The van der Waals surface area contributed by atoms with E-state index in [0.717, 1.165) is 0 Å². The number of carboxylic acids is 1. The number of amides is 3. The summed E-state index contributed by atoms with van der Waals surface area (Å²) in [5.41, 5.74) is 6.33. The minimum atomic E-state index is -1.28. The highest BCUT2D eigenvalue weighted by molar-refractivity contribution is 7.98. The summed E-state index contributed by atoms with van der Waals surface area (Å²) in [7, 11) is 0. The van der Waals surface area contributed by atoms with Crippen LogP contribution in [0.1, 0.15) is 39.2 Å². The molecule has 5 unspecified atom stereocenters. The van der Waals surface area contributed by atoms with Crippen LogP contribution in [-0.2, 0) is 25.6 Å². The molecule has 0 saturated heterocycles. The third kappa shape index (κ3) is 10.8. The number of aromatic hydroxyl groups is 1. The van der Waals surface area contributed by atoms with Crippen molar-refractivity contribution in [3.8, 4) is 5.75 Å². The fraction of sp³-hybridized carbons (Fsp3) is 0.583. The second-order valence-corrected chi connectivity index (χ2v) is 10.1. The van der Waals surface area contributed by atoms with Gasteiger partial charge in [-0.15, -0.1) is 0 Å². The molecule has 202 valence electrons. The van der Waals surface area contributed by atoms with E-state index in [4.69, 9.17) is 5.73 Å². The summed E-state index contributed by atoms with van der Waals surface area (Å²) >= 11 is 1.45. The number of aliphatic hydroxyl groups is 1. The lowest BCUT2D eigenvalue weighted by molar-refractivity contribution is -0.142. The maximum absolute atomic E-state index is 13.3. The third-order valence-electron chi connectivity index (χ3n) is 5.40. The van der Waals surface area contributed by atoms with Gasteiger partial charge in [0, 0.05) is 6.42 Å². The zero-order valence-corrected chi connectivity index (χ0v) is 21.9. The highest BCUT2D eigenvalue weighted by atomic mass is 32.2. The Labute approximate surface area is 215 Å². The Kier molecular flexibility index (Phi) is 13.3. The fourth-order valence-corrected chi connectivity index (χ4v) is 3.78. The minimum absolute atomic E-state index is 0.00988. The Hall–Kier alpha value is -2.83. The fourth-order valence-electron chi connectivity index (χ4n) is 3.30. The number of hydrogen-bond donors (Lipinski definition) is 7. The van der Waals surface area contributed by atoms with Gasteiger partial charge in [-0.2, -0.15) is 11.8 Å². The summed E-state index contributed by atoms with van der Waals surface area (Å²) in [6.07, 6.45) is 1.15. The van der Waals surface area contributed by atoms with Crippen LogP contribution in [0, 0.1) is 5.92 Å². The van der Waals surface area contributed by atoms with E-state index in [2.05, 4.69) is 16.0 Å². The van der Waals surface area contributed by atoms with Crippen LogP contribution in [0.5, 0.6) is 5.75 Å². The standard InChI is InChI=1S/C24H38N4O7S/c1-13(2)11-18(21(31)26-17(24(34)35)9-10-36-4)27-22(32)19(28-23(33)20(25)14(3)29)12-15-5-7-16(30)8-6-15/h5-8,13-14,17-20,29-30H,9-12,25H2,1-4H3,(H,26,31)(H,27,32)(H,28,33)(H,34,35). The highest BCUT2D eigenvalue weighted by Crippen LogP contribution is 2.13. The van der Waals surface area contributed by atoms with Crippen LogP contribution in [0.2, 0.25) is 0 Å². The summed E-state index contributed by atoms with van der Waals surface area (Å²) in [5, 5.41) is 36.3. The molecule has 0 bridgehead atoms. The maximum Gasteiger partial charge on any atom is 0.326 e. The van der Waals surface area contributed by atoms with Crippen molar-refractivity contribution in [2.24, 2.45) is 11.7 Å². The predicted octanol–water partition coefficient (Wildman–Crippen LogP) is -0.0190. The molecule has 0 aromatic heterocycles. The summed E-state index contributed by atoms with van der Waals surface area (Å²) in [6, 6.07) is 1.46. The number of carbonyl (C=O) groups excluding carboxylic acids is 3. The summed E-state index contributed by atoms with van der Waals surface area (Å²) in [6.45, 7) is 5.05. The van der Waals surface area contributed by atoms with E-state index in [1.807, 2.05) is 20.1 Å². The molecule has 3 amide bonds. The van der Waals surface area contributed by atoms with Crippen molar-refractivity contribution < 1.29 is 34.5 Å². The molecule has 1 rings (SSSR count). The van der Waals surface area contributed by atoms with E-state index in [9.17, 15) is 34.5 Å². The van der Waals surface area contributed by atoms with Crippen LogP contribution in [0.25, 0.3) is 0 Å². The minimum Gasteiger partial charge on any atom is -0.508 e. The zero-order valence-electron chi connectivity index (χ0n) is 21.1. The Morgan fingerprint density at radius 2 is 1.44 bits per heavy atom. The first-order valence-electron chi connectivity index (χ1n) is 11.7. The van der Waals surface area contributed by atoms with Gasteiger partial charge in [0.15, 0.2) is 0 Å². The molecule has 8 N–H and O–H groups in total. The first kappa shape index (κ1) is 31.2. The Morgan fingerprint density at radius 1 is 0.917 bits per heavy atom. The molecular weight excluding hydrogens is 488 g/mol. The second-order valence-electron chi connectivity index (χ2n) is 9.07. The molecule has 0 spiro atoms. The summed E-state index contributed by atoms with van der Waals surface area (Å²) in [5.74, 6) is -2.68. The average molecular weight is 527 g/mol. The number of benzene rings is 1. The van der Waals surface area contributed by atoms with Crippen LogP contribution < -0.4 is 21.7 Å². The van der Waals surface area contributed by atoms with Crippen molar-refractivity contribution in [3.63, 3.8) is 0 Å². The molecule has 0 fully saturated rings. The van der Waals surface area contributed by atoms with Crippen LogP contribution in [-0.4, -0.2) is 81.3 Å². The van der Waals surface area contributed by atoms with Crippen LogP contribution in [0.15, 0.2) is 24.3 Å². The third-order valence-corrected chi connectivity index (χ3v) is 6.04. The van der Waals surface area contributed by atoms with Crippen molar-refractivity contribution in [2.75, 3.05) is 12.0 Å². The van der Waals surface area contributed by atoms with E-state index < -0.39 is 54.0 Å². The molecule has 36 heavy (non-hydrogen) atoms. The molecular formula is C24H38N4O7S. The first-order valence-corrected chi connectivity index (χ1v) is 13.1. The quantitative estimate of drug-likeness (QED) is 0.165. The largest absolute Gasteiger partial charge is 0.508 e. The van der Waals surface area contributed by atoms with Crippen LogP contribution in [0.4, 0.5) is 0 Å². The number of aliphatic carboxylic acids is 1. The molecule has 1 aromatic rings. The number of phenolic OH excluding ortho intramolecular Hbond substituents is 1. The van der Waals surface area contributed by atoms with Gasteiger partial charge in [-0.1, -0.05) is 26.0 Å². The van der Waals surface area contributed by atoms with Crippen LogP contribution >= 0.6 is 11.8 Å². The van der Waals surface area contributed by atoms with Gasteiger partial charge in [-0.3, -0.25) is 14.4 Å². The van der Waals surface area contributed by atoms with E-state index in [0.29, 0.717) is 11.3 Å². The first-order chi connectivity index (χ1) is 16.8. The molecule has 0 aliphatic carbocycles. The average Bonchev–Trinajstić information content (AvgIpc) is 2.80. The Morgan fingerprint density at radius 3 is 1.94 bits per heavy atom. The number of thioether (sulfide) groups is 1. The molecule has 1 aromatic carbocycles. The van der Waals surface area contributed by atoms with Gasteiger partial charge in [0.05, 0.1) is 6.10 Å². The topological polar surface area (TPSA) is 191 Å². The SMILES string of the molecule is CSCCC(NC(=O)C(CC(C)C)NC(=O)C(Cc1ccc(O)cc1)NC(=O)C(N)C(C)O)C(=O)O. The summed E-state index contributed by atoms with van der Waals surface area (Å²) < 4.78 is 0. The monoisotopic (exact) mass is 526 g/mol. The van der Waals surface area contributed by atoms with Crippen LogP contribution in [0.3, 0.4) is 0 Å². The van der Waals surface area contributed by atoms with Gasteiger partial charge in [0.25, 0.3) is 0 Å². The van der Waals surface area contributed by atoms with Gasteiger partial charge >= 0.3 is 5.97 Å². The van der Waals surface area contributed by atoms with Gasteiger partial charge in [0.2, 0.25) is 17.7 Å². The van der Waals surface area contributed by atoms with Crippen molar-refractivity contribution in [1.82, 2.24) is 16.0 Å². The molecule has 12 heteroatoms. The molecule has 0 heterocycles. The van der Waals surface area contributed by atoms with Gasteiger partial charge in [0.1, 0.15) is 29.9 Å². The molecule has 0 saturated carbocycles. The van der Waals surface area contributed by atoms with Gasteiger partial charge in [-0.05, 0) is 55.4 Å². The summed E-state index contributed by atoms with van der Waals surface area (Å²) in [4.78, 5) is 50.3. The normalized spacial score (nSPS) is 15.3. The number of nitrogens with two attached hydrogens (primary N) is 1. The van der Waals surface area contributed by atoms with Gasteiger partial charge < -0.3 is 37.0 Å². The molecule has 0 aliphatic rings. The number of phenols is 1. The van der Waals surface area contributed by atoms with Crippen molar-refractivity contribution in [1.29, 1.82) is 0 Å². The highest BCUT2D eigenvalue weighted by Gasteiger charge is 2.31. The van der Waals surface area contributed by atoms with Crippen molar-refractivity contribution >= 4 is 35.5 Å². The maximum atomic E-state index is 13.3. The second kappa shape index (κ2) is 15.3. The number of carbonyl (C=O) groups is 4. The Bertz CT molecular complexity index is 880. The predicted molar refractivity (Wildman–Crippen MR) is 137 cm³/mol. The number of hydrogen-bond acceptors (Lipinski definition) is 8. The van der Waals surface area contributed by atoms with E-state index in [1.54, 1.807) is 12.1 Å². The molecule has 0 aliphatic heterocycles. The number of aliphatic hydroxyl groups excluding tert-OH is 1. The number of carboxylic acid groups (broad SMARTS) is 1. The lowest BCUT2D eigenvalue weighted by Crippen LogP contribution is -2.58. The van der Waals surface area contributed by atoms with Crippen molar-refractivity contribution in [3.05, 3.63) is 29.8 Å².